The van der Waals surface area contributed by atoms with E-state index >= 15 is 0 Å². The maximum absolute atomic E-state index is 5.12. The Morgan fingerprint density at radius 1 is 1.46 bits per heavy atom. The van der Waals surface area contributed by atoms with E-state index < -0.39 is 0 Å². The van der Waals surface area contributed by atoms with Crippen LogP contribution < -0.4 is 5.84 Å². The molecule has 0 amide bonds. The van der Waals surface area contributed by atoms with Crippen LogP contribution in [0.1, 0.15) is 11.3 Å². The van der Waals surface area contributed by atoms with Crippen LogP contribution in [0.25, 0.3) is 10.9 Å². The van der Waals surface area contributed by atoms with Crippen LogP contribution in [-0.2, 0) is 0 Å². The number of fused-ring (bicyclic) bond motifs is 1. The van der Waals surface area contributed by atoms with Crippen LogP contribution in [0.5, 0.6) is 0 Å². The Labute approximate surface area is 76.3 Å². The van der Waals surface area contributed by atoms with E-state index in [9.17, 15) is 0 Å². The van der Waals surface area contributed by atoms with Gasteiger partial charge in [-0.25, -0.2) is 0 Å². The maximum atomic E-state index is 5.12. The van der Waals surface area contributed by atoms with Crippen LogP contribution in [-0.4, -0.2) is 11.2 Å². The summed E-state index contributed by atoms with van der Waals surface area (Å²) >= 11 is 0. The van der Waals surface area contributed by atoms with E-state index in [4.69, 9.17) is 5.84 Å². The number of nitrogens with one attached hydrogen (secondary N) is 1. The normalized spacial score (nSPS) is 11.5. The molecule has 0 saturated heterocycles. The third-order valence-electron chi connectivity index (χ3n) is 2.05. The molecule has 0 saturated carbocycles. The number of hydrazone groups is 1. The van der Waals surface area contributed by atoms with Crippen molar-refractivity contribution in [1.29, 1.82) is 0 Å². The van der Waals surface area contributed by atoms with Crippen molar-refractivity contribution in [3.8, 4) is 0 Å². The van der Waals surface area contributed by atoms with E-state index in [1.165, 1.54) is 0 Å². The van der Waals surface area contributed by atoms with Gasteiger partial charge in [-0.2, -0.15) is 5.10 Å². The van der Waals surface area contributed by atoms with Gasteiger partial charge < -0.3 is 10.8 Å². The second-order valence-electron chi connectivity index (χ2n) is 3.04. The fourth-order valence-corrected chi connectivity index (χ4v) is 1.51. The molecule has 1 aromatic carbocycles. The topological polar surface area (TPSA) is 54.2 Å². The monoisotopic (exact) mass is 173 g/mol. The minimum absolute atomic E-state index is 1.05. The summed E-state index contributed by atoms with van der Waals surface area (Å²) in [5.74, 6) is 5.12. The summed E-state index contributed by atoms with van der Waals surface area (Å²) in [4.78, 5) is 3.25. The van der Waals surface area contributed by atoms with Gasteiger partial charge in [0.05, 0.1) is 6.21 Å². The second-order valence-corrected chi connectivity index (χ2v) is 3.04. The average molecular weight is 173 g/mol. The molecule has 1 heterocycles. The minimum atomic E-state index is 1.05. The number of aromatic nitrogens is 1. The van der Waals surface area contributed by atoms with Crippen LogP contribution >= 0.6 is 0 Å². The van der Waals surface area contributed by atoms with Crippen molar-refractivity contribution in [3.05, 3.63) is 35.5 Å². The lowest BCUT2D eigenvalue weighted by Crippen LogP contribution is -1.86. The molecule has 2 aromatic rings. The Balaban J connectivity index is 2.74. The van der Waals surface area contributed by atoms with Gasteiger partial charge in [-0.1, -0.05) is 12.1 Å². The molecule has 3 nitrogen and oxygen atoms in total. The summed E-state index contributed by atoms with van der Waals surface area (Å²) in [7, 11) is 0. The average Bonchev–Trinajstić information content (AvgIpc) is 2.47. The number of benzene rings is 1. The number of hydrogen-bond donors (Lipinski definition) is 2. The van der Waals surface area contributed by atoms with Gasteiger partial charge in [0.2, 0.25) is 0 Å². The highest BCUT2D eigenvalue weighted by atomic mass is 15.1. The van der Waals surface area contributed by atoms with E-state index in [1.807, 2.05) is 25.1 Å². The molecular weight excluding hydrogens is 162 g/mol. The van der Waals surface area contributed by atoms with Gasteiger partial charge in [-0.05, 0) is 19.1 Å². The molecule has 1 aromatic heterocycles. The highest BCUT2D eigenvalue weighted by molar-refractivity contribution is 5.98. The Bertz CT molecular complexity index is 454. The predicted molar refractivity (Wildman–Crippen MR) is 54.8 cm³/mol. The summed E-state index contributed by atoms with van der Waals surface area (Å²) in [5, 5.41) is 4.69. The molecule has 13 heavy (non-hydrogen) atoms. The lowest BCUT2D eigenvalue weighted by atomic mass is 10.1. The highest BCUT2D eigenvalue weighted by Gasteiger charge is 2.00. The first kappa shape index (κ1) is 7.86. The molecule has 0 aliphatic heterocycles. The fourth-order valence-electron chi connectivity index (χ4n) is 1.51. The van der Waals surface area contributed by atoms with E-state index in [0.29, 0.717) is 0 Å². The van der Waals surface area contributed by atoms with Crippen LogP contribution in [0.2, 0.25) is 0 Å². The predicted octanol–water partition coefficient (Wildman–Crippen LogP) is 1.77. The zero-order valence-electron chi connectivity index (χ0n) is 7.41. The van der Waals surface area contributed by atoms with Crippen LogP contribution in [0.4, 0.5) is 0 Å². The maximum Gasteiger partial charge on any atom is 0.0544 e. The van der Waals surface area contributed by atoms with Gasteiger partial charge >= 0.3 is 0 Å². The zero-order valence-corrected chi connectivity index (χ0v) is 7.41. The molecule has 3 heteroatoms. The summed E-state index contributed by atoms with van der Waals surface area (Å²) < 4.78 is 0. The number of nitrogens with zero attached hydrogens (tertiary/aromatic N) is 1. The van der Waals surface area contributed by atoms with Crippen LogP contribution in [0.3, 0.4) is 0 Å². The van der Waals surface area contributed by atoms with Crippen molar-refractivity contribution < 1.29 is 0 Å². The van der Waals surface area contributed by atoms with Crippen molar-refractivity contribution in [1.82, 2.24) is 4.98 Å². The molecule has 3 N–H and O–H groups in total. The number of H-pyrrole nitrogens is 1. The molecule has 0 spiro atoms. The fraction of sp³-hybridized carbons (Fsp3) is 0.100. The molecule has 0 atom stereocenters. The number of aromatic amines is 1. The third kappa shape index (κ3) is 1.28. The molecule has 0 aliphatic carbocycles. The summed E-state index contributed by atoms with van der Waals surface area (Å²) in [6.45, 7) is 2.03. The van der Waals surface area contributed by atoms with Gasteiger partial charge in [0.15, 0.2) is 0 Å². The third-order valence-corrected chi connectivity index (χ3v) is 2.05. The lowest BCUT2D eigenvalue weighted by molar-refractivity contribution is 1.26. The van der Waals surface area contributed by atoms with Gasteiger partial charge in [0.1, 0.15) is 0 Å². The quantitative estimate of drug-likeness (QED) is 0.385. The van der Waals surface area contributed by atoms with Crippen molar-refractivity contribution in [2.75, 3.05) is 0 Å². The first-order chi connectivity index (χ1) is 6.31. The van der Waals surface area contributed by atoms with Gasteiger partial charge in [-0.3, -0.25) is 0 Å². The largest absolute Gasteiger partial charge is 0.359 e. The molecule has 2 rings (SSSR count). The minimum Gasteiger partial charge on any atom is -0.359 e. The molecule has 0 fully saturated rings. The lowest BCUT2D eigenvalue weighted by Gasteiger charge is -1.93. The van der Waals surface area contributed by atoms with E-state index in [2.05, 4.69) is 16.2 Å². The molecular formula is C10H11N3. The van der Waals surface area contributed by atoms with Crippen molar-refractivity contribution in [3.63, 3.8) is 0 Å². The SMILES string of the molecule is Cc1cc2c(C=NN)cccc2[nH]1. The zero-order chi connectivity index (χ0) is 9.26. The Kier molecular flexibility index (Phi) is 1.77. The standard InChI is InChI=1S/C10H11N3/c1-7-5-9-8(6-12-11)3-2-4-10(9)13-7/h2-6,13H,11H2,1H3. The highest BCUT2D eigenvalue weighted by Crippen LogP contribution is 2.17. The van der Waals surface area contributed by atoms with Crippen LogP contribution in [0.15, 0.2) is 29.4 Å². The first-order valence-electron chi connectivity index (χ1n) is 4.13. The molecule has 0 radical (unpaired) electrons. The van der Waals surface area contributed by atoms with Gasteiger partial charge in [-0.15, -0.1) is 0 Å². The van der Waals surface area contributed by atoms with E-state index in [-0.39, 0.29) is 0 Å². The summed E-state index contributed by atoms with van der Waals surface area (Å²) in [6.07, 6.45) is 1.66. The Hall–Kier alpha value is -1.77. The van der Waals surface area contributed by atoms with Gasteiger partial charge in [0, 0.05) is 22.2 Å². The summed E-state index contributed by atoms with van der Waals surface area (Å²) in [6, 6.07) is 8.10. The molecule has 66 valence electrons. The molecule has 0 bridgehead atoms. The van der Waals surface area contributed by atoms with E-state index in [0.717, 1.165) is 22.2 Å². The van der Waals surface area contributed by atoms with Crippen molar-refractivity contribution in [2.24, 2.45) is 10.9 Å². The number of nitrogens with two attached hydrogens (primary N) is 1. The number of aryl methyl sites for hydroxylation is 1. The van der Waals surface area contributed by atoms with Crippen molar-refractivity contribution >= 4 is 17.1 Å². The van der Waals surface area contributed by atoms with E-state index in [1.54, 1.807) is 6.21 Å². The number of rotatable bonds is 1. The smallest absolute Gasteiger partial charge is 0.0544 e. The molecule has 0 unspecified atom stereocenters. The van der Waals surface area contributed by atoms with Crippen LogP contribution in [0, 0.1) is 6.92 Å². The number of hydrogen-bond acceptors (Lipinski definition) is 2. The van der Waals surface area contributed by atoms with Crippen molar-refractivity contribution in [2.45, 2.75) is 6.92 Å². The van der Waals surface area contributed by atoms with Gasteiger partial charge in [0.25, 0.3) is 0 Å². The second kappa shape index (κ2) is 2.94. The molecule has 0 aliphatic rings. The summed E-state index contributed by atoms with van der Waals surface area (Å²) in [5.41, 5.74) is 3.31. The Morgan fingerprint density at radius 2 is 2.31 bits per heavy atom. The Morgan fingerprint density at radius 3 is 3.08 bits per heavy atom. The first-order valence-corrected chi connectivity index (χ1v) is 4.13.